The number of anilines is 3. The third-order valence-electron chi connectivity index (χ3n) is 4.90. The monoisotopic (exact) mass is 459 g/mol. The first-order valence-electron chi connectivity index (χ1n) is 10.2. The lowest BCUT2D eigenvalue weighted by Crippen LogP contribution is -2.34. The molecule has 0 bridgehead atoms. The molecule has 0 aliphatic rings. The van der Waals surface area contributed by atoms with Crippen molar-refractivity contribution in [1.29, 1.82) is 0 Å². The van der Waals surface area contributed by atoms with Gasteiger partial charge in [0.15, 0.2) is 5.76 Å². The number of carbonyl (C=O) groups is 2. The number of amides is 1. The topological polar surface area (TPSA) is 107 Å². The molecule has 170 valence electrons. The lowest BCUT2D eigenvalue weighted by Gasteiger charge is -2.22. The molecule has 0 aliphatic carbocycles. The van der Waals surface area contributed by atoms with E-state index < -0.39 is 11.9 Å². The smallest absolute Gasteiger partial charge is 0.414 e. The van der Waals surface area contributed by atoms with Crippen molar-refractivity contribution in [2.45, 2.75) is 13.3 Å². The first-order chi connectivity index (χ1) is 15.4. The van der Waals surface area contributed by atoms with E-state index in [1.54, 1.807) is 57.5 Å². The Bertz CT molecular complexity index is 1130. The number of nitrogen functional groups attached to an aromatic ring is 1. The Morgan fingerprint density at radius 3 is 2.66 bits per heavy atom. The van der Waals surface area contributed by atoms with Crippen LogP contribution in [0.15, 0.2) is 40.8 Å². The highest BCUT2D eigenvalue weighted by Crippen LogP contribution is 2.38. The quantitative estimate of drug-likeness (QED) is 0.265. The van der Waals surface area contributed by atoms with E-state index >= 15 is 0 Å². The van der Waals surface area contributed by atoms with Gasteiger partial charge in [0.25, 0.3) is 0 Å². The van der Waals surface area contributed by atoms with Gasteiger partial charge in [0.05, 0.1) is 18.0 Å². The summed E-state index contributed by atoms with van der Waals surface area (Å²) in [5.74, 6) is -0.410. The van der Waals surface area contributed by atoms with E-state index in [1.807, 2.05) is 0 Å². The fraction of sp³-hybridized carbons (Fsp3) is 0.304. The van der Waals surface area contributed by atoms with Crippen molar-refractivity contribution >= 4 is 51.5 Å². The van der Waals surface area contributed by atoms with E-state index in [-0.39, 0.29) is 18.9 Å². The summed E-state index contributed by atoms with van der Waals surface area (Å²) in [6.45, 7) is 2.59. The molecular weight excluding hydrogens is 434 g/mol. The number of fused-ring (bicyclic) bond motifs is 1. The highest BCUT2D eigenvalue weighted by atomic mass is 35.5. The van der Waals surface area contributed by atoms with Gasteiger partial charge >= 0.3 is 6.09 Å². The number of benzene rings is 2. The minimum absolute atomic E-state index is 0.00402. The Labute approximate surface area is 191 Å². The van der Waals surface area contributed by atoms with Crippen LogP contribution in [0.4, 0.5) is 21.9 Å². The standard InChI is InChI=1S/C23H26ClN3O5/c1-4-31-23(29)27(10-5-11-30-3)20-16-13-15(24)7-9-19(16)32-22(20)21(28)14-6-8-18(26-2)17(25)12-14/h6-9,12-13,26H,4-5,10-11,25H2,1-3H3. The Hall–Kier alpha value is -3.23. The second-order valence-electron chi connectivity index (χ2n) is 7.00. The first-order valence-corrected chi connectivity index (χ1v) is 10.6. The number of rotatable bonds is 9. The normalized spacial score (nSPS) is 10.9. The summed E-state index contributed by atoms with van der Waals surface area (Å²) in [6.07, 6.45) is -0.0645. The van der Waals surface area contributed by atoms with Gasteiger partial charge in [0.1, 0.15) is 11.3 Å². The molecule has 3 rings (SSSR count). The van der Waals surface area contributed by atoms with Crippen LogP contribution in [0.25, 0.3) is 11.0 Å². The van der Waals surface area contributed by atoms with Crippen LogP contribution in [0.5, 0.6) is 0 Å². The zero-order chi connectivity index (χ0) is 23.3. The minimum Gasteiger partial charge on any atom is -0.450 e. The molecule has 2 aromatic carbocycles. The Balaban J connectivity index is 2.17. The summed E-state index contributed by atoms with van der Waals surface area (Å²) < 4.78 is 16.3. The second kappa shape index (κ2) is 10.4. The van der Waals surface area contributed by atoms with Crippen LogP contribution >= 0.6 is 11.6 Å². The molecular formula is C23H26ClN3O5. The van der Waals surface area contributed by atoms with Gasteiger partial charge in [-0.25, -0.2) is 4.79 Å². The van der Waals surface area contributed by atoms with Gasteiger partial charge in [-0.05, 0) is 49.7 Å². The maximum Gasteiger partial charge on any atom is 0.414 e. The van der Waals surface area contributed by atoms with E-state index in [9.17, 15) is 9.59 Å². The SMILES string of the molecule is CCOC(=O)N(CCCOC)c1c(C(=O)c2ccc(NC)c(N)c2)oc2ccc(Cl)cc12. The number of nitrogens with two attached hydrogens (primary N) is 1. The van der Waals surface area contributed by atoms with Crippen LogP contribution in [0, 0.1) is 0 Å². The van der Waals surface area contributed by atoms with Crippen LogP contribution < -0.4 is 16.0 Å². The maximum atomic E-state index is 13.5. The average Bonchev–Trinajstić information content (AvgIpc) is 3.14. The average molecular weight is 460 g/mol. The zero-order valence-electron chi connectivity index (χ0n) is 18.2. The Morgan fingerprint density at radius 1 is 1.22 bits per heavy atom. The number of hydrogen-bond acceptors (Lipinski definition) is 7. The summed E-state index contributed by atoms with van der Waals surface area (Å²) in [6, 6.07) is 9.91. The summed E-state index contributed by atoms with van der Waals surface area (Å²) >= 11 is 6.22. The van der Waals surface area contributed by atoms with E-state index in [4.69, 9.17) is 31.2 Å². The van der Waals surface area contributed by atoms with Crippen LogP contribution in [0.2, 0.25) is 5.02 Å². The lowest BCUT2D eigenvalue weighted by atomic mass is 10.0. The maximum absolute atomic E-state index is 13.5. The number of hydrogen-bond donors (Lipinski definition) is 2. The molecule has 0 aliphatic heterocycles. The van der Waals surface area contributed by atoms with Crippen molar-refractivity contribution in [3.8, 4) is 0 Å². The van der Waals surface area contributed by atoms with Gasteiger partial charge in [-0.2, -0.15) is 0 Å². The number of halogens is 1. The largest absolute Gasteiger partial charge is 0.450 e. The molecule has 32 heavy (non-hydrogen) atoms. The van der Waals surface area contributed by atoms with Crippen LogP contribution in [0.1, 0.15) is 29.5 Å². The molecule has 0 unspecified atom stereocenters. The minimum atomic E-state index is -0.592. The van der Waals surface area contributed by atoms with Crippen molar-refractivity contribution in [3.63, 3.8) is 0 Å². The van der Waals surface area contributed by atoms with Gasteiger partial charge in [0.2, 0.25) is 5.78 Å². The van der Waals surface area contributed by atoms with E-state index in [0.29, 0.717) is 51.6 Å². The predicted octanol–water partition coefficient (Wildman–Crippen LogP) is 4.94. The molecule has 3 aromatic rings. The fourth-order valence-electron chi connectivity index (χ4n) is 3.40. The van der Waals surface area contributed by atoms with Crippen molar-refractivity contribution < 1.29 is 23.5 Å². The molecule has 0 spiro atoms. The van der Waals surface area contributed by atoms with Gasteiger partial charge in [-0.1, -0.05) is 11.6 Å². The molecule has 1 heterocycles. The lowest BCUT2D eigenvalue weighted by molar-refractivity contribution is 0.101. The number of methoxy groups -OCH3 is 1. The van der Waals surface area contributed by atoms with Crippen molar-refractivity contribution in [3.05, 3.63) is 52.7 Å². The Morgan fingerprint density at radius 2 is 2.00 bits per heavy atom. The summed E-state index contributed by atoms with van der Waals surface area (Å²) in [4.78, 5) is 27.7. The second-order valence-corrected chi connectivity index (χ2v) is 7.43. The van der Waals surface area contributed by atoms with Crippen LogP contribution in [-0.4, -0.2) is 45.8 Å². The van der Waals surface area contributed by atoms with Gasteiger partial charge < -0.3 is 24.9 Å². The third-order valence-corrected chi connectivity index (χ3v) is 5.14. The molecule has 8 nitrogen and oxygen atoms in total. The number of ketones is 1. The van der Waals surface area contributed by atoms with Crippen molar-refractivity contribution in [2.24, 2.45) is 0 Å². The predicted molar refractivity (Wildman–Crippen MR) is 126 cm³/mol. The first kappa shape index (κ1) is 23.4. The third kappa shape index (κ3) is 4.81. The number of carbonyl (C=O) groups excluding carboxylic acids is 2. The van der Waals surface area contributed by atoms with E-state index in [1.165, 1.54) is 4.90 Å². The molecule has 1 aromatic heterocycles. The number of nitrogens with one attached hydrogen (secondary N) is 1. The van der Waals surface area contributed by atoms with Crippen molar-refractivity contribution in [1.82, 2.24) is 0 Å². The highest BCUT2D eigenvalue weighted by molar-refractivity contribution is 6.31. The van der Waals surface area contributed by atoms with Gasteiger partial charge in [-0.15, -0.1) is 0 Å². The molecule has 0 radical (unpaired) electrons. The number of ether oxygens (including phenoxy) is 2. The fourth-order valence-corrected chi connectivity index (χ4v) is 3.58. The summed E-state index contributed by atoms with van der Waals surface area (Å²) in [5, 5.41) is 3.94. The van der Waals surface area contributed by atoms with Crippen LogP contribution in [0.3, 0.4) is 0 Å². The molecule has 3 N–H and O–H groups in total. The van der Waals surface area contributed by atoms with Crippen LogP contribution in [-0.2, 0) is 9.47 Å². The molecule has 0 saturated carbocycles. The van der Waals surface area contributed by atoms with Gasteiger partial charge in [-0.3, -0.25) is 9.69 Å². The summed E-state index contributed by atoms with van der Waals surface area (Å²) in [5.41, 5.74) is 8.22. The number of furan rings is 1. The highest BCUT2D eigenvalue weighted by Gasteiger charge is 2.30. The van der Waals surface area contributed by atoms with E-state index in [0.717, 1.165) is 0 Å². The summed E-state index contributed by atoms with van der Waals surface area (Å²) in [7, 11) is 3.32. The zero-order valence-corrected chi connectivity index (χ0v) is 19.0. The molecule has 0 saturated heterocycles. The Kier molecular flexibility index (Phi) is 7.61. The molecule has 1 amide bonds. The molecule has 9 heteroatoms. The van der Waals surface area contributed by atoms with Crippen molar-refractivity contribution in [2.75, 3.05) is 49.9 Å². The molecule has 0 fully saturated rings. The number of nitrogens with zero attached hydrogens (tertiary/aromatic N) is 1. The van der Waals surface area contributed by atoms with E-state index in [2.05, 4.69) is 5.32 Å². The van der Waals surface area contributed by atoms with Gasteiger partial charge in [0, 0.05) is 43.3 Å². The molecule has 0 atom stereocenters.